The third-order valence-corrected chi connectivity index (χ3v) is 5.86. The number of hydrogen-bond donors (Lipinski definition) is 0. The van der Waals surface area contributed by atoms with E-state index in [-0.39, 0.29) is 11.9 Å². The molecule has 2 heterocycles. The van der Waals surface area contributed by atoms with Crippen molar-refractivity contribution in [2.75, 3.05) is 13.1 Å². The van der Waals surface area contributed by atoms with Crippen LogP contribution in [0.1, 0.15) is 44.9 Å². The van der Waals surface area contributed by atoms with Crippen LogP contribution in [-0.2, 0) is 22.4 Å². The molecule has 0 N–H and O–H groups in total. The monoisotopic (exact) mass is 415 g/mol. The second-order valence-corrected chi connectivity index (χ2v) is 8.56. The Hall–Kier alpha value is -2.02. The van der Waals surface area contributed by atoms with Crippen LogP contribution in [0.15, 0.2) is 24.3 Å². The molecule has 2 aliphatic rings. The van der Waals surface area contributed by atoms with E-state index in [0.717, 1.165) is 42.5 Å². The number of Topliss-reactive ketones (excluding diaryl/α,β-unsaturated/α-hetero) is 1. The Kier molecular flexibility index (Phi) is 5.60. The summed E-state index contributed by atoms with van der Waals surface area (Å²) in [6, 6.07) is 7.50. The lowest BCUT2D eigenvalue weighted by molar-refractivity contribution is -0.211. The maximum atomic E-state index is 12.1. The Bertz CT molecular complexity index is 918. The van der Waals surface area contributed by atoms with Crippen LogP contribution < -0.4 is 4.84 Å². The van der Waals surface area contributed by atoms with Gasteiger partial charge in [0.1, 0.15) is 5.60 Å². The average Bonchev–Trinajstić information content (AvgIpc) is 2.67. The molecule has 7 heteroatoms. The van der Waals surface area contributed by atoms with Gasteiger partial charge in [-0.05, 0) is 70.7 Å². The van der Waals surface area contributed by atoms with Gasteiger partial charge in [-0.25, -0.2) is 4.98 Å². The van der Waals surface area contributed by atoms with E-state index in [4.69, 9.17) is 31.1 Å². The number of nitrogens with zero attached hydrogens (tertiary/aromatic N) is 3. The number of rotatable bonds is 4. The van der Waals surface area contributed by atoms with E-state index in [2.05, 4.69) is 0 Å². The molecule has 0 saturated carbocycles. The van der Waals surface area contributed by atoms with Gasteiger partial charge in [-0.1, -0.05) is 11.6 Å². The van der Waals surface area contributed by atoms with Crippen molar-refractivity contribution in [3.05, 3.63) is 40.5 Å². The Morgan fingerprint density at radius 3 is 2.69 bits per heavy atom. The predicted molar refractivity (Wildman–Crippen MR) is 111 cm³/mol. The summed E-state index contributed by atoms with van der Waals surface area (Å²) in [6.07, 6.45) is 3.90. The van der Waals surface area contributed by atoms with E-state index in [9.17, 15) is 4.79 Å². The number of halogens is 1. The van der Waals surface area contributed by atoms with Crippen molar-refractivity contribution in [3.8, 4) is 17.3 Å². The Morgan fingerprint density at radius 1 is 1.24 bits per heavy atom. The van der Waals surface area contributed by atoms with Gasteiger partial charge in [0.2, 0.25) is 5.88 Å². The number of carbonyl (C=O) groups is 1. The van der Waals surface area contributed by atoms with Gasteiger partial charge < -0.3 is 9.57 Å². The molecule has 1 aromatic carbocycles. The molecule has 2 atom stereocenters. The highest BCUT2D eigenvalue weighted by atomic mass is 35.5. The molecule has 1 aliphatic carbocycles. The Balaban J connectivity index is 1.68. The molecule has 1 saturated heterocycles. The van der Waals surface area contributed by atoms with Gasteiger partial charge in [0.05, 0.1) is 24.9 Å². The third-order valence-electron chi connectivity index (χ3n) is 5.61. The molecule has 29 heavy (non-hydrogen) atoms. The molecular formula is C22H26ClN3O3. The fourth-order valence-corrected chi connectivity index (χ4v) is 4.08. The Morgan fingerprint density at radius 2 is 1.97 bits per heavy atom. The summed E-state index contributed by atoms with van der Waals surface area (Å²) in [5, 5.41) is 2.48. The van der Waals surface area contributed by atoms with Crippen molar-refractivity contribution < 1.29 is 14.4 Å². The maximum Gasteiger partial charge on any atom is 0.245 e. The van der Waals surface area contributed by atoms with E-state index in [0.29, 0.717) is 29.8 Å². The zero-order valence-electron chi connectivity index (χ0n) is 17.1. The van der Waals surface area contributed by atoms with Crippen LogP contribution in [0, 0.1) is 0 Å². The SMILES string of the molecule is CC(=O)C1(C)CN(Oc2nc(-c3ccc(Cl)cc3)nc3c2CCCC3)CC(C)O1. The predicted octanol–water partition coefficient (Wildman–Crippen LogP) is 4.04. The number of ether oxygens (including phenoxy) is 1. The van der Waals surface area contributed by atoms with Crippen molar-refractivity contribution in [2.45, 2.75) is 58.2 Å². The summed E-state index contributed by atoms with van der Waals surface area (Å²) in [7, 11) is 0. The highest BCUT2D eigenvalue weighted by Gasteiger charge is 2.41. The number of hydrogen-bond acceptors (Lipinski definition) is 6. The number of aryl methyl sites for hydroxylation is 1. The van der Waals surface area contributed by atoms with Crippen LogP contribution in [0.5, 0.6) is 5.88 Å². The van der Waals surface area contributed by atoms with Crippen molar-refractivity contribution in [1.29, 1.82) is 0 Å². The van der Waals surface area contributed by atoms with Crippen molar-refractivity contribution in [1.82, 2.24) is 15.0 Å². The number of ketones is 1. The average molecular weight is 416 g/mol. The molecule has 6 nitrogen and oxygen atoms in total. The lowest BCUT2D eigenvalue weighted by Gasteiger charge is -2.41. The van der Waals surface area contributed by atoms with Crippen molar-refractivity contribution >= 4 is 17.4 Å². The van der Waals surface area contributed by atoms with Crippen LogP contribution in [0.4, 0.5) is 0 Å². The third kappa shape index (κ3) is 4.29. The van der Waals surface area contributed by atoms with Gasteiger partial charge in [0, 0.05) is 16.1 Å². The molecule has 1 fully saturated rings. The molecule has 1 aliphatic heterocycles. The lowest BCUT2D eigenvalue weighted by atomic mass is 9.96. The first-order valence-corrected chi connectivity index (χ1v) is 10.5. The first-order valence-electron chi connectivity index (χ1n) is 10.1. The molecule has 2 unspecified atom stereocenters. The van der Waals surface area contributed by atoms with E-state index in [1.54, 1.807) is 12.0 Å². The molecule has 2 aromatic rings. The Labute approximate surface area is 176 Å². The minimum absolute atomic E-state index is 0.00998. The minimum Gasteiger partial charge on any atom is -0.385 e. The number of aromatic nitrogens is 2. The largest absolute Gasteiger partial charge is 0.385 e. The fourth-order valence-electron chi connectivity index (χ4n) is 3.96. The van der Waals surface area contributed by atoms with Crippen LogP contribution in [-0.4, -0.2) is 45.6 Å². The number of fused-ring (bicyclic) bond motifs is 1. The zero-order valence-corrected chi connectivity index (χ0v) is 17.8. The second-order valence-electron chi connectivity index (χ2n) is 8.12. The summed E-state index contributed by atoms with van der Waals surface area (Å²) in [6.45, 7) is 6.25. The summed E-state index contributed by atoms with van der Waals surface area (Å²) >= 11 is 6.03. The molecule has 0 bridgehead atoms. The summed E-state index contributed by atoms with van der Waals surface area (Å²) in [4.78, 5) is 28.0. The van der Waals surface area contributed by atoms with E-state index >= 15 is 0 Å². The van der Waals surface area contributed by atoms with Gasteiger partial charge >= 0.3 is 0 Å². The van der Waals surface area contributed by atoms with Gasteiger partial charge in [0.15, 0.2) is 11.6 Å². The summed E-state index contributed by atoms with van der Waals surface area (Å²) in [5.74, 6) is 1.21. The fraction of sp³-hybridized carbons (Fsp3) is 0.500. The lowest BCUT2D eigenvalue weighted by Crippen LogP contribution is -2.57. The first-order chi connectivity index (χ1) is 13.8. The zero-order chi connectivity index (χ0) is 20.6. The van der Waals surface area contributed by atoms with Crippen LogP contribution in [0.25, 0.3) is 11.4 Å². The first kappa shape index (κ1) is 20.3. The number of hydroxylamine groups is 2. The molecule has 0 radical (unpaired) electrons. The standard InChI is InChI=1S/C22H26ClN3O3/c1-14-12-26(13-22(3,28-14)15(2)27)29-21-18-6-4-5-7-19(18)24-20(25-21)16-8-10-17(23)11-9-16/h8-11,14H,4-7,12-13H2,1-3H3. The number of carbonyl (C=O) groups excluding carboxylic acids is 1. The van der Waals surface area contributed by atoms with Gasteiger partial charge in [-0.3, -0.25) is 4.79 Å². The summed E-state index contributed by atoms with van der Waals surface area (Å²) in [5.41, 5.74) is 2.13. The smallest absolute Gasteiger partial charge is 0.245 e. The number of benzene rings is 1. The topological polar surface area (TPSA) is 64.6 Å². The number of morpholine rings is 1. The molecule has 0 spiro atoms. The highest BCUT2D eigenvalue weighted by Crippen LogP contribution is 2.32. The molecule has 1 aromatic heterocycles. The maximum absolute atomic E-state index is 12.1. The van der Waals surface area contributed by atoms with Crippen molar-refractivity contribution in [2.24, 2.45) is 0 Å². The normalized spacial score (nSPS) is 24.8. The van der Waals surface area contributed by atoms with E-state index in [1.165, 1.54) is 0 Å². The van der Waals surface area contributed by atoms with Crippen LogP contribution in [0.2, 0.25) is 5.02 Å². The summed E-state index contributed by atoms with van der Waals surface area (Å²) < 4.78 is 5.90. The molecular weight excluding hydrogens is 390 g/mol. The molecule has 4 rings (SSSR count). The quantitative estimate of drug-likeness (QED) is 0.750. The van der Waals surface area contributed by atoms with Crippen LogP contribution in [0.3, 0.4) is 0 Å². The van der Waals surface area contributed by atoms with Crippen molar-refractivity contribution in [3.63, 3.8) is 0 Å². The second kappa shape index (κ2) is 8.01. The minimum atomic E-state index is -0.885. The van der Waals surface area contributed by atoms with Crippen LogP contribution >= 0.6 is 11.6 Å². The van der Waals surface area contributed by atoms with E-state index < -0.39 is 5.60 Å². The highest BCUT2D eigenvalue weighted by molar-refractivity contribution is 6.30. The van der Waals surface area contributed by atoms with Gasteiger partial charge in [0.25, 0.3) is 0 Å². The molecule has 0 amide bonds. The molecule has 154 valence electrons. The van der Waals surface area contributed by atoms with Gasteiger partial charge in [-0.15, -0.1) is 5.06 Å². The van der Waals surface area contributed by atoms with Gasteiger partial charge in [-0.2, -0.15) is 4.98 Å². The van der Waals surface area contributed by atoms with E-state index in [1.807, 2.05) is 38.1 Å².